The first-order valence-electron chi connectivity index (χ1n) is 12.5. The second-order valence-corrected chi connectivity index (χ2v) is 9.33. The highest BCUT2D eigenvalue weighted by atomic mass is 16.2. The molecule has 1 amide bonds. The third-order valence-electron chi connectivity index (χ3n) is 7.43. The summed E-state index contributed by atoms with van der Waals surface area (Å²) in [5, 5.41) is 11.2. The summed E-state index contributed by atoms with van der Waals surface area (Å²) < 4.78 is 0. The molecule has 0 bridgehead atoms. The molecule has 1 aliphatic heterocycles. The Balaban J connectivity index is 1.41. The molecule has 1 saturated carbocycles. The van der Waals surface area contributed by atoms with Crippen molar-refractivity contribution in [2.75, 3.05) is 29.9 Å². The number of hydrogen-bond acceptors (Lipinski definition) is 6. The van der Waals surface area contributed by atoms with Crippen LogP contribution in [0.25, 0.3) is 0 Å². The van der Waals surface area contributed by atoms with Gasteiger partial charge in [0, 0.05) is 42.9 Å². The minimum absolute atomic E-state index is 0.165. The highest BCUT2D eigenvalue weighted by Crippen LogP contribution is 2.35. The van der Waals surface area contributed by atoms with Gasteiger partial charge in [0.15, 0.2) is 5.82 Å². The zero-order valence-corrected chi connectivity index (χ0v) is 19.4. The monoisotopic (exact) mass is 437 g/mol. The molecule has 3 heterocycles. The number of carbonyl (C=O) groups is 1. The molecule has 1 atom stereocenters. The lowest BCUT2D eigenvalue weighted by Gasteiger charge is -2.29. The van der Waals surface area contributed by atoms with Crippen LogP contribution in [-0.4, -0.2) is 56.6 Å². The van der Waals surface area contributed by atoms with E-state index in [-0.39, 0.29) is 11.9 Å². The fourth-order valence-electron chi connectivity index (χ4n) is 5.63. The van der Waals surface area contributed by atoms with Crippen LogP contribution < -0.4 is 10.2 Å². The van der Waals surface area contributed by atoms with Crippen LogP contribution in [0.2, 0.25) is 0 Å². The molecule has 2 aliphatic carbocycles. The third-order valence-corrected chi connectivity index (χ3v) is 7.43. The maximum absolute atomic E-state index is 13.1. The Morgan fingerprint density at radius 2 is 1.94 bits per heavy atom. The van der Waals surface area contributed by atoms with E-state index in [1.54, 1.807) is 0 Å². The van der Waals surface area contributed by atoms with Gasteiger partial charge in [-0.3, -0.25) is 9.89 Å². The van der Waals surface area contributed by atoms with Crippen molar-refractivity contribution in [2.45, 2.75) is 83.6 Å². The van der Waals surface area contributed by atoms with Gasteiger partial charge in [-0.1, -0.05) is 12.8 Å². The number of H-pyrrole nitrogens is 1. The summed E-state index contributed by atoms with van der Waals surface area (Å²) in [6, 6.07) is 1.98. The van der Waals surface area contributed by atoms with E-state index in [1.807, 2.05) is 18.7 Å². The van der Waals surface area contributed by atoms with Gasteiger partial charge in [0.05, 0.1) is 5.69 Å². The Labute approximate surface area is 190 Å². The smallest absolute Gasteiger partial charge is 0.245 e. The average Bonchev–Trinajstić information content (AvgIpc) is 3.61. The molecule has 3 aliphatic rings. The number of rotatable bonds is 7. The van der Waals surface area contributed by atoms with E-state index in [1.165, 1.54) is 36.9 Å². The van der Waals surface area contributed by atoms with Gasteiger partial charge in [-0.15, -0.1) is 0 Å². The summed E-state index contributed by atoms with van der Waals surface area (Å²) in [6.07, 6.45) is 10.00. The summed E-state index contributed by atoms with van der Waals surface area (Å²) in [5.74, 6) is 3.15. The van der Waals surface area contributed by atoms with Crippen LogP contribution in [0.4, 0.5) is 17.6 Å². The van der Waals surface area contributed by atoms with E-state index >= 15 is 0 Å². The van der Waals surface area contributed by atoms with Crippen molar-refractivity contribution in [2.24, 2.45) is 0 Å². The number of anilines is 3. The Kier molecular flexibility index (Phi) is 6.02. The molecule has 8 heteroatoms. The van der Waals surface area contributed by atoms with Crippen LogP contribution in [0, 0.1) is 0 Å². The maximum atomic E-state index is 13.1. The number of likely N-dealkylation sites (N-methyl/N-ethyl adjacent to an activating group) is 1. The number of carbonyl (C=O) groups excluding carboxylic acids is 1. The molecule has 0 unspecified atom stereocenters. The molecule has 172 valence electrons. The van der Waals surface area contributed by atoms with Crippen LogP contribution in [-0.2, 0) is 17.6 Å². The quantitative estimate of drug-likeness (QED) is 0.682. The molecular formula is C24H35N7O. The fraction of sp³-hybridized carbons (Fsp3) is 0.667. The number of fused-ring (bicyclic) bond motifs is 1. The molecule has 2 aromatic rings. The predicted octanol–water partition coefficient (Wildman–Crippen LogP) is 3.93. The van der Waals surface area contributed by atoms with Crippen LogP contribution in [0.15, 0.2) is 6.07 Å². The Morgan fingerprint density at radius 3 is 2.72 bits per heavy atom. The van der Waals surface area contributed by atoms with Gasteiger partial charge in [-0.2, -0.15) is 10.1 Å². The largest absolute Gasteiger partial charge is 0.341 e. The highest BCUT2D eigenvalue weighted by molar-refractivity contribution is 5.85. The molecule has 8 nitrogen and oxygen atoms in total. The number of aromatic amines is 1. The van der Waals surface area contributed by atoms with Crippen LogP contribution in [0.1, 0.15) is 81.7 Å². The van der Waals surface area contributed by atoms with Gasteiger partial charge in [-0.25, -0.2) is 4.98 Å². The molecular weight excluding hydrogens is 402 g/mol. The number of hydrogen-bond donors (Lipinski definition) is 2. The first-order valence-corrected chi connectivity index (χ1v) is 12.5. The van der Waals surface area contributed by atoms with Gasteiger partial charge in [0.25, 0.3) is 0 Å². The topological polar surface area (TPSA) is 90.0 Å². The third kappa shape index (κ3) is 3.95. The first-order chi connectivity index (χ1) is 15.7. The molecule has 2 aromatic heterocycles. The van der Waals surface area contributed by atoms with Crippen molar-refractivity contribution in [1.29, 1.82) is 0 Å². The van der Waals surface area contributed by atoms with Crippen molar-refractivity contribution < 1.29 is 4.79 Å². The van der Waals surface area contributed by atoms with E-state index in [9.17, 15) is 4.79 Å². The number of aryl methyl sites for hydroxylation is 1. The summed E-state index contributed by atoms with van der Waals surface area (Å²) >= 11 is 0. The molecule has 5 rings (SSSR count). The van der Waals surface area contributed by atoms with Crippen molar-refractivity contribution in [1.82, 2.24) is 25.1 Å². The molecule has 0 aromatic carbocycles. The number of aromatic nitrogens is 4. The summed E-state index contributed by atoms with van der Waals surface area (Å²) in [4.78, 5) is 27.0. The lowest BCUT2D eigenvalue weighted by molar-refractivity contribution is -0.132. The van der Waals surface area contributed by atoms with Crippen LogP contribution >= 0.6 is 0 Å². The van der Waals surface area contributed by atoms with E-state index in [4.69, 9.17) is 9.97 Å². The maximum Gasteiger partial charge on any atom is 0.245 e. The Morgan fingerprint density at radius 1 is 1.12 bits per heavy atom. The van der Waals surface area contributed by atoms with Gasteiger partial charge in [-0.05, 0) is 58.8 Å². The van der Waals surface area contributed by atoms with Crippen molar-refractivity contribution in [3.05, 3.63) is 23.0 Å². The van der Waals surface area contributed by atoms with Gasteiger partial charge in [0.2, 0.25) is 11.9 Å². The Bertz CT molecular complexity index is 961. The van der Waals surface area contributed by atoms with Gasteiger partial charge >= 0.3 is 0 Å². The number of nitrogens with one attached hydrogen (secondary N) is 2. The molecule has 0 radical (unpaired) electrons. The van der Waals surface area contributed by atoms with Gasteiger partial charge in [0.1, 0.15) is 11.9 Å². The SMILES string of the molecule is CCN(CC)C(=O)[C@@H]1CCCN1c1nc2c(c(Nc3cc(C4CCCC4)[nH]n3)n1)CCC2. The molecule has 2 N–H and O–H groups in total. The minimum atomic E-state index is -0.165. The summed E-state index contributed by atoms with van der Waals surface area (Å²) in [6.45, 7) is 6.38. The molecule has 0 spiro atoms. The summed E-state index contributed by atoms with van der Waals surface area (Å²) in [7, 11) is 0. The van der Waals surface area contributed by atoms with Crippen molar-refractivity contribution >= 4 is 23.5 Å². The number of nitrogens with zero attached hydrogens (tertiary/aromatic N) is 5. The van der Waals surface area contributed by atoms with E-state index < -0.39 is 0 Å². The fourth-order valence-corrected chi connectivity index (χ4v) is 5.63. The van der Waals surface area contributed by atoms with E-state index in [0.717, 1.165) is 69.1 Å². The first kappa shape index (κ1) is 21.2. The normalized spacial score (nSPS) is 20.7. The zero-order chi connectivity index (χ0) is 22.1. The second kappa shape index (κ2) is 9.08. The van der Waals surface area contributed by atoms with E-state index in [2.05, 4.69) is 26.5 Å². The highest BCUT2D eigenvalue weighted by Gasteiger charge is 2.35. The second-order valence-electron chi connectivity index (χ2n) is 9.33. The lowest BCUT2D eigenvalue weighted by Crippen LogP contribution is -2.46. The lowest BCUT2D eigenvalue weighted by atomic mass is 10.0. The van der Waals surface area contributed by atoms with Crippen LogP contribution in [0.5, 0.6) is 0 Å². The minimum Gasteiger partial charge on any atom is -0.341 e. The van der Waals surface area contributed by atoms with Crippen molar-refractivity contribution in [3.63, 3.8) is 0 Å². The average molecular weight is 438 g/mol. The van der Waals surface area contributed by atoms with E-state index in [0.29, 0.717) is 11.9 Å². The van der Waals surface area contributed by atoms with Crippen molar-refractivity contribution in [3.8, 4) is 0 Å². The van der Waals surface area contributed by atoms with Crippen LogP contribution in [0.3, 0.4) is 0 Å². The Hall–Kier alpha value is -2.64. The number of amides is 1. The molecule has 1 saturated heterocycles. The molecule has 2 fully saturated rings. The zero-order valence-electron chi connectivity index (χ0n) is 19.4. The standard InChI is InChI=1S/C24H35N7O/c1-3-30(4-2)23(32)20-13-8-14-31(20)24-25-18-12-7-11-17(18)22(27-24)26-21-15-19(28-29-21)16-9-5-6-10-16/h15-16,20H,3-14H2,1-2H3,(H2,25,26,27,28,29)/t20-/m0/s1. The predicted molar refractivity (Wildman–Crippen MR) is 125 cm³/mol. The van der Waals surface area contributed by atoms with Gasteiger partial charge < -0.3 is 15.1 Å². The molecule has 32 heavy (non-hydrogen) atoms. The summed E-state index contributed by atoms with van der Waals surface area (Å²) in [5.41, 5.74) is 3.54.